The molecule has 2 saturated heterocycles. The predicted octanol–water partition coefficient (Wildman–Crippen LogP) is 3.17. The molecule has 2 aliphatic heterocycles. The van der Waals surface area contributed by atoms with E-state index in [0.29, 0.717) is 24.2 Å². The van der Waals surface area contributed by atoms with Crippen LogP contribution in [0.3, 0.4) is 0 Å². The molecule has 8 nitrogen and oxygen atoms in total. The van der Waals surface area contributed by atoms with Gasteiger partial charge in [-0.15, -0.1) is 0 Å². The Morgan fingerprint density at radius 3 is 2.35 bits per heavy atom. The molecular weight excluding hydrogens is 418 g/mol. The van der Waals surface area contributed by atoms with Crippen LogP contribution in [0.2, 0.25) is 0 Å². The van der Waals surface area contributed by atoms with E-state index in [4.69, 9.17) is 4.74 Å². The maximum atomic E-state index is 12.4. The zero-order valence-corrected chi connectivity index (χ0v) is 18.8. The van der Waals surface area contributed by atoms with Crippen LogP contribution in [0, 0.1) is 5.92 Å². The molecule has 0 spiro atoms. The number of nitrogens with one attached hydrogen (secondary N) is 1. The molecule has 0 radical (unpaired) electrons. The SMILES string of the molecule is CS(=O)(=O)c1ccc(N2CC(CC3CCN(C(=O)NC4CCCC4)CC3)OC2=O)cc1. The van der Waals surface area contributed by atoms with Crippen LogP contribution in [0.25, 0.3) is 0 Å². The van der Waals surface area contributed by atoms with Crippen molar-refractivity contribution in [3.63, 3.8) is 0 Å². The number of ether oxygens (including phenoxy) is 1. The van der Waals surface area contributed by atoms with E-state index >= 15 is 0 Å². The number of carbonyl (C=O) groups is 2. The molecule has 4 rings (SSSR count). The van der Waals surface area contributed by atoms with Crippen molar-refractivity contribution < 1.29 is 22.7 Å². The summed E-state index contributed by atoms with van der Waals surface area (Å²) in [4.78, 5) is 28.5. The number of rotatable bonds is 5. The number of cyclic esters (lactones) is 1. The highest BCUT2D eigenvalue weighted by Gasteiger charge is 2.35. The number of benzene rings is 1. The maximum absolute atomic E-state index is 12.4. The van der Waals surface area contributed by atoms with E-state index in [-0.39, 0.29) is 17.0 Å². The Balaban J connectivity index is 1.25. The van der Waals surface area contributed by atoms with Gasteiger partial charge >= 0.3 is 12.1 Å². The van der Waals surface area contributed by atoms with Gasteiger partial charge in [0.05, 0.1) is 11.4 Å². The van der Waals surface area contributed by atoms with E-state index in [1.54, 1.807) is 17.0 Å². The van der Waals surface area contributed by atoms with Crippen molar-refractivity contribution in [3.05, 3.63) is 24.3 Å². The smallest absolute Gasteiger partial charge is 0.414 e. The topological polar surface area (TPSA) is 96.0 Å². The number of hydrogen-bond acceptors (Lipinski definition) is 5. The first-order valence-corrected chi connectivity index (χ1v) is 13.0. The number of likely N-dealkylation sites (tertiary alicyclic amines) is 1. The van der Waals surface area contributed by atoms with Crippen molar-refractivity contribution in [1.82, 2.24) is 10.2 Å². The van der Waals surface area contributed by atoms with E-state index in [1.807, 2.05) is 4.90 Å². The Labute approximate surface area is 183 Å². The summed E-state index contributed by atoms with van der Waals surface area (Å²) in [5.74, 6) is 0.417. The molecule has 3 amide bonds. The molecule has 1 N–H and O–H groups in total. The van der Waals surface area contributed by atoms with E-state index < -0.39 is 15.9 Å². The summed E-state index contributed by atoms with van der Waals surface area (Å²) in [6.07, 6.45) is 7.75. The monoisotopic (exact) mass is 449 g/mol. The number of nitrogens with zero attached hydrogens (tertiary/aromatic N) is 2. The average Bonchev–Trinajstić information content (AvgIpc) is 3.37. The van der Waals surface area contributed by atoms with E-state index in [9.17, 15) is 18.0 Å². The summed E-state index contributed by atoms with van der Waals surface area (Å²) >= 11 is 0. The molecule has 1 aliphatic carbocycles. The van der Waals surface area contributed by atoms with E-state index in [2.05, 4.69) is 5.32 Å². The van der Waals surface area contributed by atoms with Crippen molar-refractivity contribution in [3.8, 4) is 0 Å². The van der Waals surface area contributed by atoms with Crippen molar-refractivity contribution in [2.45, 2.75) is 62.0 Å². The second-order valence-corrected chi connectivity index (χ2v) is 11.0. The quantitative estimate of drug-likeness (QED) is 0.745. The third-order valence-electron chi connectivity index (χ3n) is 6.63. The normalized spacial score (nSPS) is 23.3. The minimum atomic E-state index is -3.27. The summed E-state index contributed by atoms with van der Waals surface area (Å²) in [6, 6.07) is 6.69. The zero-order chi connectivity index (χ0) is 22.0. The molecule has 1 aromatic carbocycles. The van der Waals surface area contributed by atoms with Gasteiger partial charge in [0.2, 0.25) is 0 Å². The highest BCUT2D eigenvalue weighted by atomic mass is 32.2. The number of anilines is 1. The summed E-state index contributed by atoms with van der Waals surface area (Å²) in [5.41, 5.74) is 0.637. The van der Waals surface area contributed by atoms with E-state index in [0.717, 1.165) is 51.4 Å². The fourth-order valence-corrected chi connectivity index (χ4v) is 5.44. The van der Waals surface area contributed by atoms with Crippen LogP contribution in [0.4, 0.5) is 15.3 Å². The molecule has 1 unspecified atom stereocenters. The number of carbonyl (C=O) groups excluding carboxylic acids is 2. The third kappa shape index (κ3) is 5.31. The molecule has 3 fully saturated rings. The highest BCUT2D eigenvalue weighted by Crippen LogP contribution is 2.29. The number of urea groups is 1. The van der Waals surface area contributed by atoms with Crippen molar-refractivity contribution in [2.75, 3.05) is 30.8 Å². The lowest BCUT2D eigenvalue weighted by Crippen LogP contribution is -2.47. The molecule has 1 atom stereocenters. The molecule has 31 heavy (non-hydrogen) atoms. The van der Waals surface area contributed by atoms with Gasteiger partial charge in [0.15, 0.2) is 9.84 Å². The first-order chi connectivity index (χ1) is 14.8. The Morgan fingerprint density at radius 2 is 1.74 bits per heavy atom. The molecule has 2 heterocycles. The van der Waals surface area contributed by atoms with Gasteiger partial charge < -0.3 is 15.0 Å². The predicted molar refractivity (Wildman–Crippen MR) is 117 cm³/mol. The van der Waals surface area contributed by atoms with Gasteiger partial charge in [0, 0.05) is 31.1 Å². The highest BCUT2D eigenvalue weighted by molar-refractivity contribution is 7.90. The van der Waals surface area contributed by atoms with Crippen LogP contribution >= 0.6 is 0 Å². The molecule has 1 saturated carbocycles. The largest absolute Gasteiger partial charge is 0.444 e. The van der Waals surface area contributed by atoms with Gasteiger partial charge in [-0.2, -0.15) is 0 Å². The zero-order valence-electron chi connectivity index (χ0n) is 18.0. The van der Waals surface area contributed by atoms with Gasteiger partial charge in [0.1, 0.15) is 6.10 Å². The van der Waals surface area contributed by atoms with Crippen LogP contribution in [0.5, 0.6) is 0 Å². The minimum Gasteiger partial charge on any atom is -0.444 e. The van der Waals surface area contributed by atoms with E-state index in [1.165, 1.54) is 25.0 Å². The number of amides is 3. The Hall–Kier alpha value is -2.29. The molecule has 0 bridgehead atoms. The van der Waals surface area contributed by atoms with Gasteiger partial charge in [0.25, 0.3) is 0 Å². The fourth-order valence-electron chi connectivity index (χ4n) is 4.81. The van der Waals surface area contributed by atoms with Crippen LogP contribution in [-0.2, 0) is 14.6 Å². The van der Waals surface area contributed by atoms with Gasteiger partial charge in [-0.3, -0.25) is 4.90 Å². The lowest BCUT2D eigenvalue weighted by molar-refractivity contribution is 0.109. The van der Waals surface area contributed by atoms with Gasteiger partial charge in [-0.05, 0) is 62.3 Å². The maximum Gasteiger partial charge on any atom is 0.414 e. The minimum absolute atomic E-state index is 0.0568. The Morgan fingerprint density at radius 1 is 1.10 bits per heavy atom. The molecule has 1 aromatic rings. The van der Waals surface area contributed by atoms with Crippen molar-refractivity contribution in [2.24, 2.45) is 5.92 Å². The van der Waals surface area contributed by atoms with Crippen molar-refractivity contribution >= 4 is 27.6 Å². The molecule has 0 aromatic heterocycles. The van der Waals surface area contributed by atoms with Crippen LogP contribution in [-0.4, -0.2) is 63.5 Å². The Bertz CT molecular complexity index is 904. The second kappa shape index (κ2) is 9.06. The van der Waals surface area contributed by atoms with Crippen LogP contribution in [0.15, 0.2) is 29.2 Å². The summed E-state index contributed by atoms with van der Waals surface area (Å²) in [7, 11) is -3.27. The average molecular weight is 450 g/mol. The third-order valence-corrected chi connectivity index (χ3v) is 7.76. The lowest BCUT2D eigenvalue weighted by Gasteiger charge is -2.33. The number of piperidine rings is 1. The number of hydrogen-bond donors (Lipinski definition) is 1. The Kier molecular flexibility index (Phi) is 6.41. The van der Waals surface area contributed by atoms with Crippen LogP contribution < -0.4 is 10.2 Å². The summed E-state index contributed by atoms with van der Waals surface area (Å²) in [6.45, 7) is 1.93. The first-order valence-electron chi connectivity index (χ1n) is 11.1. The molecule has 9 heteroatoms. The fraction of sp³-hybridized carbons (Fsp3) is 0.636. The summed E-state index contributed by atoms with van der Waals surface area (Å²) < 4.78 is 28.8. The second-order valence-electron chi connectivity index (χ2n) is 8.98. The van der Waals surface area contributed by atoms with Crippen molar-refractivity contribution in [1.29, 1.82) is 0 Å². The molecular formula is C22H31N3O5S. The summed E-state index contributed by atoms with van der Waals surface area (Å²) in [5, 5.41) is 3.15. The number of sulfone groups is 1. The lowest BCUT2D eigenvalue weighted by atomic mass is 9.91. The van der Waals surface area contributed by atoms with Gasteiger partial charge in [-0.1, -0.05) is 12.8 Å². The standard InChI is InChI=1S/C22H31N3O5S/c1-31(28,29)20-8-6-18(7-9-20)25-15-19(30-22(25)27)14-16-10-12-24(13-11-16)21(26)23-17-4-2-3-5-17/h6-9,16-17,19H,2-5,10-15H2,1H3,(H,23,26). The molecule has 3 aliphatic rings. The molecule has 170 valence electrons. The first kappa shape index (κ1) is 21.9. The van der Waals surface area contributed by atoms with Gasteiger partial charge in [-0.25, -0.2) is 18.0 Å². The van der Waals surface area contributed by atoms with Crippen LogP contribution in [0.1, 0.15) is 44.9 Å².